The predicted octanol–water partition coefficient (Wildman–Crippen LogP) is 2.38. The van der Waals surface area contributed by atoms with Crippen LogP contribution in [-0.4, -0.2) is 30.2 Å². The van der Waals surface area contributed by atoms with E-state index in [2.05, 4.69) is 10.6 Å². The minimum atomic E-state index is -0.638. The molecule has 25 heavy (non-hydrogen) atoms. The van der Waals surface area contributed by atoms with Crippen molar-refractivity contribution in [3.05, 3.63) is 29.8 Å². The molecule has 7 heteroatoms. The third-order valence-electron chi connectivity index (χ3n) is 3.56. The number of carbonyl (C=O) groups is 3. The molecule has 0 unspecified atom stereocenters. The Balaban J connectivity index is 0.00000576. The van der Waals surface area contributed by atoms with Crippen molar-refractivity contribution in [2.45, 2.75) is 40.7 Å². The maximum Gasteiger partial charge on any atom is 0.243 e. The molecule has 0 bridgehead atoms. The van der Waals surface area contributed by atoms with E-state index in [9.17, 15) is 14.4 Å². The molecule has 1 atom stereocenters. The van der Waals surface area contributed by atoms with Crippen LogP contribution in [0.4, 0.5) is 5.69 Å². The molecule has 1 rings (SSSR count). The number of rotatable bonds is 6. The highest BCUT2D eigenvalue weighted by Crippen LogP contribution is 2.21. The number of Topliss-reactive ketones (excluding diaryl/α,β-unsaturated/α-hetero) is 1. The van der Waals surface area contributed by atoms with Gasteiger partial charge in [-0.1, -0.05) is 34.6 Å². The first-order chi connectivity index (χ1) is 11.0. The minimum absolute atomic E-state index is 0. The van der Waals surface area contributed by atoms with E-state index in [1.165, 1.54) is 0 Å². The van der Waals surface area contributed by atoms with E-state index in [1.807, 2.05) is 34.6 Å². The summed E-state index contributed by atoms with van der Waals surface area (Å²) in [6, 6.07) is 6.05. The monoisotopic (exact) mass is 369 g/mol. The number of anilines is 1. The molecule has 0 spiro atoms. The van der Waals surface area contributed by atoms with E-state index in [1.54, 1.807) is 24.3 Å². The molecular weight excluding hydrogens is 342 g/mol. The largest absolute Gasteiger partial charge is 0.346 e. The number of nitrogens with one attached hydrogen (secondary N) is 2. The Morgan fingerprint density at radius 2 is 1.60 bits per heavy atom. The number of carbonyl (C=O) groups excluding carboxylic acids is 3. The maximum absolute atomic E-state index is 12.1. The lowest BCUT2D eigenvalue weighted by Crippen LogP contribution is -2.46. The van der Waals surface area contributed by atoms with Gasteiger partial charge in [0.25, 0.3) is 0 Å². The highest BCUT2D eigenvalue weighted by atomic mass is 35.5. The Hall–Kier alpha value is -1.92. The Labute approximate surface area is 155 Å². The summed E-state index contributed by atoms with van der Waals surface area (Å²) in [5.41, 5.74) is 6.41. The summed E-state index contributed by atoms with van der Waals surface area (Å²) in [6.07, 6.45) is 0. The number of ketones is 1. The molecule has 140 valence electrons. The summed E-state index contributed by atoms with van der Waals surface area (Å²) in [5, 5.41) is 5.17. The van der Waals surface area contributed by atoms with Gasteiger partial charge in [-0.25, -0.2) is 0 Å². The van der Waals surface area contributed by atoms with Gasteiger partial charge in [-0.15, -0.1) is 12.4 Å². The maximum atomic E-state index is 12.1. The number of halogens is 1. The van der Waals surface area contributed by atoms with Crippen LogP contribution in [0.25, 0.3) is 0 Å². The van der Waals surface area contributed by atoms with Crippen LogP contribution in [0.2, 0.25) is 0 Å². The molecule has 1 aromatic carbocycles. The fourth-order valence-corrected chi connectivity index (χ4v) is 1.93. The Kier molecular flexibility index (Phi) is 8.80. The highest BCUT2D eigenvalue weighted by Gasteiger charge is 2.22. The molecule has 0 heterocycles. The smallest absolute Gasteiger partial charge is 0.243 e. The Morgan fingerprint density at radius 3 is 2.04 bits per heavy atom. The number of benzene rings is 1. The predicted molar refractivity (Wildman–Crippen MR) is 102 cm³/mol. The molecule has 0 aliphatic heterocycles. The van der Waals surface area contributed by atoms with Gasteiger partial charge < -0.3 is 16.4 Å². The van der Waals surface area contributed by atoms with Crippen molar-refractivity contribution in [3.63, 3.8) is 0 Å². The molecule has 0 saturated carbocycles. The fraction of sp³-hybridized carbons (Fsp3) is 0.500. The van der Waals surface area contributed by atoms with Crippen molar-refractivity contribution in [3.8, 4) is 0 Å². The van der Waals surface area contributed by atoms with Crippen LogP contribution >= 0.6 is 12.4 Å². The fourth-order valence-electron chi connectivity index (χ4n) is 1.93. The van der Waals surface area contributed by atoms with Gasteiger partial charge in [-0.2, -0.15) is 0 Å². The Bertz CT molecular complexity index is 607. The van der Waals surface area contributed by atoms with Crippen molar-refractivity contribution in [2.24, 2.45) is 17.1 Å². The Morgan fingerprint density at radius 1 is 1.08 bits per heavy atom. The summed E-state index contributed by atoms with van der Waals surface area (Å²) in [6.45, 7) is 9.10. The van der Waals surface area contributed by atoms with E-state index in [4.69, 9.17) is 5.73 Å². The topological polar surface area (TPSA) is 101 Å². The van der Waals surface area contributed by atoms with Gasteiger partial charge in [-0.05, 0) is 30.2 Å². The number of amides is 2. The van der Waals surface area contributed by atoms with Crippen LogP contribution in [-0.2, 0) is 9.59 Å². The number of nitrogens with two attached hydrogens (primary N) is 1. The number of hydrogen-bond acceptors (Lipinski definition) is 4. The normalized spacial score (nSPS) is 12.1. The van der Waals surface area contributed by atoms with Crippen LogP contribution in [0.1, 0.15) is 45.0 Å². The lowest BCUT2D eigenvalue weighted by atomic mass is 9.86. The third-order valence-corrected chi connectivity index (χ3v) is 3.56. The SMILES string of the molecule is CC(C)[C@H](N)C(=O)NCC(=O)Nc1ccc(C(=O)C(C)(C)C)cc1.Cl. The molecule has 0 saturated heterocycles. The van der Waals surface area contributed by atoms with Crippen molar-refractivity contribution >= 4 is 35.7 Å². The molecule has 0 aromatic heterocycles. The molecule has 0 radical (unpaired) electrons. The van der Waals surface area contributed by atoms with Gasteiger partial charge in [0.2, 0.25) is 11.8 Å². The zero-order chi connectivity index (χ0) is 18.5. The standard InChI is InChI=1S/C18H27N3O3.ClH/c1-11(2)15(19)17(24)20-10-14(22)21-13-8-6-12(7-9-13)16(23)18(3,4)5;/h6-9,11,15H,10,19H2,1-5H3,(H,20,24)(H,21,22);1H/t15-;/m0./s1. The summed E-state index contributed by atoms with van der Waals surface area (Å²) < 4.78 is 0. The van der Waals surface area contributed by atoms with E-state index in [-0.39, 0.29) is 42.5 Å². The van der Waals surface area contributed by atoms with Gasteiger partial charge >= 0.3 is 0 Å². The summed E-state index contributed by atoms with van der Waals surface area (Å²) in [7, 11) is 0. The zero-order valence-corrected chi connectivity index (χ0v) is 16.2. The first-order valence-electron chi connectivity index (χ1n) is 8.00. The molecule has 4 N–H and O–H groups in total. The summed E-state index contributed by atoms with van der Waals surface area (Å²) >= 11 is 0. The molecule has 0 aliphatic rings. The lowest BCUT2D eigenvalue weighted by molar-refractivity contribution is -0.125. The van der Waals surface area contributed by atoms with Crippen LogP contribution < -0.4 is 16.4 Å². The molecule has 2 amide bonds. The van der Waals surface area contributed by atoms with E-state index in [0.29, 0.717) is 11.3 Å². The first-order valence-corrected chi connectivity index (χ1v) is 8.00. The van der Waals surface area contributed by atoms with Gasteiger partial charge in [-0.3, -0.25) is 14.4 Å². The van der Waals surface area contributed by atoms with E-state index >= 15 is 0 Å². The molecule has 6 nitrogen and oxygen atoms in total. The summed E-state index contributed by atoms with van der Waals surface area (Å²) in [5.74, 6) is -0.670. The quantitative estimate of drug-likeness (QED) is 0.670. The van der Waals surface area contributed by atoms with Crippen LogP contribution in [0.5, 0.6) is 0 Å². The molecule has 0 fully saturated rings. The lowest BCUT2D eigenvalue weighted by Gasteiger charge is -2.17. The van der Waals surface area contributed by atoms with Gasteiger partial charge in [0, 0.05) is 16.7 Å². The highest BCUT2D eigenvalue weighted by molar-refractivity contribution is 6.00. The zero-order valence-electron chi connectivity index (χ0n) is 15.4. The van der Waals surface area contributed by atoms with Gasteiger partial charge in [0.05, 0.1) is 12.6 Å². The van der Waals surface area contributed by atoms with Crippen molar-refractivity contribution in [2.75, 3.05) is 11.9 Å². The minimum Gasteiger partial charge on any atom is -0.346 e. The van der Waals surface area contributed by atoms with Gasteiger partial charge in [0.1, 0.15) is 0 Å². The molecule has 0 aliphatic carbocycles. The van der Waals surface area contributed by atoms with E-state index < -0.39 is 11.5 Å². The number of hydrogen-bond donors (Lipinski definition) is 3. The second-order valence-electron chi connectivity index (χ2n) is 7.19. The molecular formula is C18H28ClN3O3. The second-order valence-corrected chi connectivity index (χ2v) is 7.19. The summed E-state index contributed by atoms with van der Waals surface area (Å²) in [4.78, 5) is 35.7. The average molecular weight is 370 g/mol. The second kappa shape index (κ2) is 9.53. The first kappa shape index (κ1) is 23.1. The van der Waals surface area contributed by atoms with Crippen LogP contribution in [0.3, 0.4) is 0 Å². The average Bonchev–Trinajstić information content (AvgIpc) is 2.50. The van der Waals surface area contributed by atoms with Crippen LogP contribution in [0, 0.1) is 11.3 Å². The van der Waals surface area contributed by atoms with Crippen molar-refractivity contribution in [1.82, 2.24) is 5.32 Å². The van der Waals surface area contributed by atoms with E-state index in [0.717, 1.165) is 0 Å². The third kappa shape index (κ3) is 7.23. The van der Waals surface area contributed by atoms with Crippen molar-refractivity contribution in [1.29, 1.82) is 0 Å². The van der Waals surface area contributed by atoms with Crippen LogP contribution in [0.15, 0.2) is 24.3 Å². The van der Waals surface area contributed by atoms with Crippen molar-refractivity contribution < 1.29 is 14.4 Å². The molecule has 1 aromatic rings. The van der Waals surface area contributed by atoms with Gasteiger partial charge in [0.15, 0.2) is 5.78 Å².